The molecular weight excluding hydrogens is 356 g/mol. The zero-order valence-corrected chi connectivity index (χ0v) is 15.4. The van der Waals surface area contributed by atoms with Gasteiger partial charge in [-0.15, -0.1) is 0 Å². The van der Waals surface area contributed by atoms with Gasteiger partial charge < -0.3 is 14.2 Å². The molecule has 1 aromatic heterocycles. The Morgan fingerprint density at radius 1 is 0.885 bits per heavy atom. The van der Waals surface area contributed by atoms with E-state index in [9.17, 15) is 8.42 Å². The molecule has 3 aromatic rings. The standard InChI is InChI=1S/C18H18N2O5S/c1-23-15-12-17(25-3)16(24-2)11-14(15)18-19-9-10-20(18)26(21,22)13-7-5-4-6-8-13/h4-12H,1-3H3. The Morgan fingerprint density at radius 3 is 2.12 bits per heavy atom. The van der Waals surface area contributed by atoms with Gasteiger partial charge in [0.2, 0.25) is 0 Å². The van der Waals surface area contributed by atoms with Crippen LogP contribution in [0.3, 0.4) is 0 Å². The van der Waals surface area contributed by atoms with Crippen LogP contribution in [-0.4, -0.2) is 38.7 Å². The highest BCUT2D eigenvalue weighted by molar-refractivity contribution is 7.90. The van der Waals surface area contributed by atoms with E-state index in [-0.39, 0.29) is 10.7 Å². The molecule has 136 valence electrons. The van der Waals surface area contributed by atoms with Crippen molar-refractivity contribution in [3.8, 4) is 28.6 Å². The first-order valence-corrected chi connectivity index (χ1v) is 9.11. The molecule has 0 saturated carbocycles. The summed E-state index contributed by atoms with van der Waals surface area (Å²) in [6.45, 7) is 0. The third-order valence-electron chi connectivity index (χ3n) is 3.85. The van der Waals surface area contributed by atoms with E-state index in [2.05, 4.69) is 4.98 Å². The molecule has 0 aliphatic carbocycles. The van der Waals surface area contributed by atoms with E-state index >= 15 is 0 Å². The zero-order valence-electron chi connectivity index (χ0n) is 14.5. The summed E-state index contributed by atoms with van der Waals surface area (Å²) in [4.78, 5) is 4.39. The molecule has 0 atom stereocenters. The maximum absolute atomic E-state index is 13.0. The van der Waals surface area contributed by atoms with E-state index in [4.69, 9.17) is 14.2 Å². The Balaban J connectivity index is 2.21. The summed E-state index contributed by atoms with van der Waals surface area (Å²) in [5.74, 6) is 1.54. The molecule has 0 fully saturated rings. The Hall–Kier alpha value is -3.00. The average molecular weight is 374 g/mol. The van der Waals surface area contributed by atoms with Gasteiger partial charge in [0.25, 0.3) is 10.0 Å². The van der Waals surface area contributed by atoms with Crippen LogP contribution >= 0.6 is 0 Å². The number of nitrogens with zero attached hydrogens (tertiary/aromatic N) is 2. The van der Waals surface area contributed by atoms with Crippen LogP contribution in [0.5, 0.6) is 17.2 Å². The Labute approximate surface area is 151 Å². The van der Waals surface area contributed by atoms with Crippen LogP contribution < -0.4 is 14.2 Å². The molecule has 0 radical (unpaired) electrons. The van der Waals surface area contributed by atoms with E-state index < -0.39 is 10.0 Å². The number of methoxy groups -OCH3 is 3. The minimum absolute atomic E-state index is 0.165. The van der Waals surface area contributed by atoms with Crippen LogP contribution in [0.2, 0.25) is 0 Å². The van der Waals surface area contributed by atoms with Crippen molar-refractivity contribution < 1.29 is 22.6 Å². The molecule has 26 heavy (non-hydrogen) atoms. The lowest BCUT2D eigenvalue weighted by Gasteiger charge is -2.15. The van der Waals surface area contributed by atoms with E-state index in [0.29, 0.717) is 22.8 Å². The maximum atomic E-state index is 13.0. The minimum Gasteiger partial charge on any atom is -0.496 e. The summed E-state index contributed by atoms with van der Waals surface area (Å²) < 4.78 is 43.1. The van der Waals surface area contributed by atoms with Crippen molar-refractivity contribution in [2.75, 3.05) is 21.3 Å². The first-order chi connectivity index (χ1) is 12.5. The predicted molar refractivity (Wildman–Crippen MR) is 96.3 cm³/mol. The third-order valence-corrected chi connectivity index (χ3v) is 5.53. The summed E-state index contributed by atoms with van der Waals surface area (Å²) in [7, 11) is 0.695. The molecule has 0 aliphatic heterocycles. The van der Waals surface area contributed by atoms with Crippen molar-refractivity contribution in [3.63, 3.8) is 0 Å². The van der Waals surface area contributed by atoms with Crippen molar-refractivity contribution in [2.45, 2.75) is 4.90 Å². The molecule has 1 heterocycles. The van der Waals surface area contributed by atoms with Crippen molar-refractivity contribution in [1.82, 2.24) is 8.96 Å². The highest BCUT2D eigenvalue weighted by atomic mass is 32.2. The molecule has 8 heteroatoms. The summed E-state index contributed by atoms with van der Waals surface area (Å²) in [6.07, 6.45) is 2.82. The second-order valence-corrected chi connectivity index (χ2v) is 7.09. The second-order valence-electron chi connectivity index (χ2n) is 5.27. The van der Waals surface area contributed by atoms with Crippen LogP contribution in [0.15, 0.2) is 59.8 Å². The number of rotatable bonds is 6. The fraction of sp³-hybridized carbons (Fsp3) is 0.167. The van der Waals surface area contributed by atoms with Crippen molar-refractivity contribution in [3.05, 3.63) is 54.9 Å². The third kappa shape index (κ3) is 2.99. The summed E-state index contributed by atoms with van der Waals surface area (Å²) >= 11 is 0. The summed E-state index contributed by atoms with van der Waals surface area (Å²) in [5, 5.41) is 0. The van der Waals surface area contributed by atoms with Crippen LogP contribution in [0.4, 0.5) is 0 Å². The van der Waals surface area contributed by atoms with Gasteiger partial charge in [-0.1, -0.05) is 18.2 Å². The molecule has 0 bridgehead atoms. The molecule has 3 rings (SSSR count). The van der Waals surface area contributed by atoms with Gasteiger partial charge in [-0.3, -0.25) is 0 Å². The summed E-state index contributed by atoms with van der Waals surface area (Å²) in [6, 6.07) is 11.4. The molecule has 0 amide bonds. The lowest BCUT2D eigenvalue weighted by molar-refractivity contribution is 0.349. The maximum Gasteiger partial charge on any atom is 0.269 e. The molecule has 0 N–H and O–H groups in total. The SMILES string of the molecule is COc1cc(OC)c(-c2nccn2S(=O)(=O)c2ccccc2)cc1OC. The first-order valence-electron chi connectivity index (χ1n) is 7.67. The van der Waals surface area contributed by atoms with Crippen LogP contribution in [0, 0.1) is 0 Å². The Morgan fingerprint density at radius 2 is 1.50 bits per heavy atom. The number of imidazole rings is 1. The second kappa shape index (κ2) is 7.09. The van der Waals surface area contributed by atoms with Gasteiger partial charge in [0.05, 0.1) is 31.8 Å². The van der Waals surface area contributed by atoms with Gasteiger partial charge in [-0.2, -0.15) is 0 Å². The topological polar surface area (TPSA) is 79.7 Å². The molecule has 0 saturated heterocycles. The number of benzene rings is 2. The van der Waals surface area contributed by atoms with Crippen molar-refractivity contribution >= 4 is 10.0 Å². The van der Waals surface area contributed by atoms with Crippen LogP contribution in [0.25, 0.3) is 11.4 Å². The van der Waals surface area contributed by atoms with E-state index in [0.717, 1.165) is 3.97 Å². The number of hydrogen-bond donors (Lipinski definition) is 0. The lowest BCUT2D eigenvalue weighted by atomic mass is 10.1. The summed E-state index contributed by atoms with van der Waals surface area (Å²) in [5.41, 5.74) is 0.467. The lowest BCUT2D eigenvalue weighted by Crippen LogP contribution is -2.13. The average Bonchev–Trinajstić information content (AvgIpc) is 3.18. The molecule has 0 unspecified atom stereocenters. The molecule has 0 spiro atoms. The highest BCUT2D eigenvalue weighted by Crippen LogP contribution is 2.40. The molecule has 2 aromatic carbocycles. The fourth-order valence-electron chi connectivity index (χ4n) is 2.58. The fourth-order valence-corrected chi connectivity index (χ4v) is 3.90. The van der Waals surface area contributed by atoms with E-state index in [1.807, 2.05) is 0 Å². The van der Waals surface area contributed by atoms with Gasteiger partial charge in [-0.05, 0) is 18.2 Å². The largest absolute Gasteiger partial charge is 0.496 e. The number of aromatic nitrogens is 2. The van der Waals surface area contributed by atoms with Crippen molar-refractivity contribution in [2.24, 2.45) is 0 Å². The minimum atomic E-state index is -3.81. The first kappa shape index (κ1) is 17.8. The number of hydrogen-bond acceptors (Lipinski definition) is 6. The van der Waals surface area contributed by atoms with Gasteiger partial charge >= 0.3 is 0 Å². The van der Waals surface area contributed by atoms with Crippen LogP contribution in [-0.2, 0) is 10.0 Å². The van der Waals surface area contributed by atoms with Gasteiger partial charge in [0.15, 0.2) is 17.3 Å². The highest BCUT2D eigenvalue weighted by Gasteiger charge is 2.24. The van der Waals surface area contributed by atoms with E-state index in [1.165, 1.54) is 45.9 Å². The Bertz CT molecular complexity index is 1010. The molecule has 0 aliphatic rings. The molecule has 7 nitrogen and oxygen atoms in total. The quantitative estimate of drug-likeness (QED) is 0.660. The van der Waals surface area contributed by atoms with Crippen LogP contribution in [0.1, 0.15) is 0 Å². The number of ether oxygens (including phenoxy) is 3. The zero-order chi connectivity index (χ0) is 18.7. The monoisotopic (exact) mass is 374 g/mol. The molecular formula is C18H18N2O5S. The van der Waals surface area contributed by atoms with Gasteiger partial charge in [-0.25, -0.2) is 17.4 Å². The van der Waals surface area contributed by atoms with Gasteiger partial charge in [0, 0.05) is 18.5 Å². The predicted octanol–water partition coefficient (Wildman–Crippen LogP) is 2.81. The van der Waals surface area contributed by atoms with E-state index in [1.54, 1.807) is 30.3 Å². The normalized spacial score (nSPS) is 11.2. The van der Waals surface area contributed by atoms with Crippen molar-refractivity contribution in [1.29, 1.82) is 0 Å². The smallest absolute Gasteiger partial charge is 0.269 e. The Kier molecular flexibility index (Phi) is 4.85. The van der Waals surface area contributed by atoms with Gasteiger partial charge in [0.1, 0.15) is 5.75 Å².